The third-order valence-corrected chi connectivity index (χ3v) is 4.75. The fourth-order valence-electron chi connectivity index (χ4n) is 2.50. The molecule has 3 N–H and O–H groups in total. The van der Waals surface area contributed by atoms with Gasteiger partial charge in [0, 0.05) is 16.6 Å². The number of anilines is 2. The molecular formula is C16H13Cl3N2O. The lowest BCUT2D eigenvalue weighted by Gasteiger charge is -2.09. The van der Waals surface area contributed by atoms with Gasteiger partial charge >= 0.3 is 0 Å². The second-order valence-corrected chi connectivity index (χ2v) is 6.53. The average molecular weight is 356 g/mol. The molecule has 2 aromatic rings. The molecule has 0 saturated heterocycles. The monoisotopic (exact) mass is 354 g/mol. The molecule has 2 aromatic carbocycles. The predicted octanol–water partition coefficient (Wildman–Crippen LogP) is 4.97. The van der Waals surface area contributed by atoms with Gasteiger partial charge in [0.25, 0.3) is 0 Å². The minimum Gasteiger partial charge on any atom is -0.396 e. The van der Waals surface area contributed by atoms with Gasteiger partial charge in [0.15, 0.2) is 0 Å². The van der Waals surface area contributed by atoms with Gasteiger partial charge in [-0.3, -0.25) is 4.79 Å². The van der Waals surface area contributed by atoms with Crippen LogP contribution in [0.25, 0.3) is 0 Å². The number of nitrogen functional groups attached to an aromatic ring is 1. The lowest BCUT2D eigenvalue weighted by Crippen LogP contribution is -2.14. The molecule has 2 atom stereocenters. The molecular weight excluding hydrogens is 343 g/mol. The first-order valence-corrected chi connectivity index (χ1v) is 7.90. The number of hydrogen-bond donors (Lipinski definition) is 2. The molecule has 0 aromatic heterocycles. The number of hydrogen-bond acceptors (Lipinski definition) is 2. The molecule has 114 valence electrons. The summed E-state index contributed by atoms with van der Waals surface area (Å²) in [5.41, 5.74) is 7.54. The number of nitrogens with one attached hydrogen (secondary N) is 1. The predicted molar refractivity (Wildman–Crippen MR) is 91.8 cm³/mol. The maximum absolute atomic E-state index is 12.3. The molecule has 3 nitrogen and oxygen atoms in total. The number of benzene rings is 2. The zero-order valence-electron chi connectivity index (χ0n) is 11.4. The lowest BCUT2D eigenvalue weighted by molar-refractivity contribution is -0.117. The molecule has 0 bridgehead atoms. The van der Waals surface area contributed by atoms with E-state index < -0.39 is 0 Å². The number of amides is 1. The van der Waals surface area contributed by atoms with Gasteiger partial charge in [0.2, 0.25) is 5.91 Å². The van der Waals surface area contributed by atoms with Crippen LogP contribution in [0.5, 0.6) is 0 Å². The molecule has 1 saturated carbocycles. The molecule has 1 amide bonds. The SMILES string of the molecule is Nc1c(Cl)cc(NC(=O)C2CC2c2ccccc2Cl)cc1Cl. The highest BCUT2D eigenvalue weighted by atomic mass is 35.5. The van der Waals surface area contributed by atoms with Crippen LogP contribution in [0.4, 0.5) is 11.4 Å². The summed E-state index contributed by atoms with van der Waals surface area (Å²) in [6.45, 7) is 0. The maximum Gasteiger partial charge on any atom is 0.228 e. The van der Waals surface area contributed by atoms with Gasteiger partial charge in [0.05, 0.1) is 15.7 Å². The van der Waals surface area contributed by atoms with Gasteiger partial charge in [-0.2, -0.15) is 0 Å². The minimum atomic E-state index is -0.0880. The summed E-state index contributed by atoms with van der Waals surface area (Å²) < 4.78 is 0. The van der Waals surface area contributed by atoms with Crippen molar-refractivity contribution in [3.8, 4) is 0 Å². The van der Waals surface area contributed by atoms with E-state index in [2.05, 4.69) is 5.32 Å². The summed E-state index contributed by atoms with van der Waals surface area (Å²) in [6, 6.07) is 10.8. The Labute approximate surface area is 143 Å². The second kappa shape index (κ2) is 5.99. The summed E-state index contributed by atoms with van der Waals surface area (Å²) in [7, 11) is 0. The normalized spacial score (nSPS) is 19.8. The van der Waals surface area contributed by atoms with Crippen LogP contribution in [0.1, 0.15) is 17.9 Å². The average Bonchev–Trinajstić information content (AvgIpc) is 3.25. The largest absolute Gasteiger partial charge is 0.396 e. The molecule has 0 heterocycles. The molecule has 1 aliphatic rings. The quantitative estimate of drug-likeness (QED) is 0.764. The Morgan fingerprint density at radius 2 is 1.73 bits per heavy atom. The molecule has 22 heavy (non-hydrogen) atoms. The van der Waals surface area contributed by atoms with Crippen molar-refractivity contribution in [1.82, 2.24) is 0 Å². The highest BCUT2D eigenvalue weighted by Gasteiger charge is 2.44. The Bertz CT molecular complexity index is 725. The summed E-state index contributed by atoms with van der Waals surface area (Å²) in [5.74, 6) is 0.00486. The van der Waals surface area contributed by atoms with E-state index in [0.29, 0.717) is 26.4 Å². The van der Waals surface area contributed by atoms with Crippen molar-refractivity contribution in [3.63, 3.8) is 0 Å². The lowest BCUT2D eigenvalue weighted by atomic mass is 10.1. The Morgan fingerprint density at radius 1 is 1.09 bits per heavy atom. The summed E-state index contributed by atoms with van der Waals surface area (Å²) in [6.07, 6.45) is 0.784. The number of carbonyl (C=O) groups is 1. The van der Waals surface area contributed by atoms with Crippen molar-refractivity contribution in [2.24, 2.45) is 5.92 Å². The summed E-state index contributed by atoms with van der Waals surface area (Å²) >= 11 is 18.1. The third-order valence-electron chi connectivity index (χ3n) is 3.78. The van der Waals surface area contributed by atoms with Gasteiger partial charge in [-0.05, 0) is 36.1 Å². The van der Waals surface area contributed by atoms with Crippen molar-refractivity contribution in [3.05, 3.63) is 57.0 Å². The van der Waals surface area contributed by atoms with Gasteiger partial charge < -0.3 is 11.1 Å². The molecule has 0 radical (unpaired) electrons. The van der Waals surface area contributed by atoms with Crippen LogP contribution < -0.4 is 11.1 Å². The number of rotatable bonds is 3. The Hall–Kier alpha value is -1.42. The van der Waals surface area contributed by atoms with Crippen LogP contribution in [0.2, 0.25) is 15.1 Å². The fraction of sp³-hybridized carbons (Fsp3) is 0.188. The van der Waals surface area contributed by atoms with Gasteiger partial charge in [0.1, 0.15) is 0 Å². The number of carbonyl (C=O) groups excluding carboxylic acids is 1. The highest BCUT2D eigenvalue weighted by Crippen LogP contribution is 2.50. The van der Waals surface area contributed by atoms with Crippen LogP contribution in [-0.4, -0.2) is 5.91 Å². The molecule has 2 unspecified atom stereocenters. The topological polar surface area (TPSA) is 55.1 Å². The van der Waals surface area contributed by atoms with E-state index in [1.54, 1.807) is 12.1 Å². The Balaban J connectivity index is 1.71. The molecule has 1 aliphatic carbocycles. The van der Waals surface area contributed by atoms with Crippen LogP contribution in [-0.2, 0) is 4.79 Å². The van der Waals surface area contributed by atoms with E-state index in [4.69, 9.17) is 40.5 Å². The van der Waals surface area contributed by atoms with E-state index in [0.717, 1.165) is 12.0 Å². The minimum absolute atomic E-state index is 0.0678. The van der Waals surface area contributed by atoms with Crippen molar-refractivity contribution >= 4 is 52.1 Å². The van der Waals surface area contributed by atoms with E-state index in [9.17, 15) is 4.79 Å². The number of halogens is 3. The third kappa shape index (κ3) is 3.02. The molecule has 6 heteroatoms. The van der Waals surface area contributed by atoms with Crippen LogP contribution in [0.15, 0.2) is 36.4 Å². The Kier molecular flexibility index (Phi) is 4.22. The van der Waals surface area contributed by atoms with Gasteiger partial charge in [-0.25, -0.2) is 0 Å². The molecule has 0 spiro atoms. The van der Waals surface area contributed by atoms with Crippen LogP contribution >= 0.6 is 34.8 Å². The van der Waals surface area contributed by atoms with Crippen LogP contribution in [0, 0.1) is 5.92 Å². The fourth-order valence-corrected chi connectivity index (χ4v) is 3.26. The van der Waals surface area contributed by atoms with Crippen LogP contribution in [0.3, 0.4) is 0 Å². The van der Waals surface area contributed by atoms with Crippen molar-refractivity contribution in [2.45, 2.75) is 12.3 Å². The Morgan fingerprint density at radius 3 is 2.36 bits per heavy atom. The first kappa shape index (κ1) is 15.5. The smallest absolute Gasteiger partial charge is 0.228 e. The first-order chi connectivity index (χ1) is 10.5. The molecule has 0 aliphatic heterocycles. The van der Waals surface area contributed by atoms with Crippen molar-refractivity contribution in [1.29, 1.82) is 0 Å². The zero-order valence-corrected chi connectivity index (χ0v) is 13.7. The number of nitrogens with two attached hydrogens (primary N) is 1. The van der Waals surface area contributed by atoms with E-state index in [1.807, 2.05) is 24.3 Å². The van der Waals surface area contributed by atoms with Crippen molar-refractivity contribution < 1.29 is 4.79 Å². The van der Waals surface area contributed by atoms with E-state index in [1.165, 1.54) is 0 Å². The first-order valence-electron chi connectivity index (χ1n) is 6.77. The summed E-state index contributed by atoms with van der Waals surface area (Å²) in [5, 5.41) is 4.16. The highest BCUT2D eigenvalue weighted by molar-refractivity contribution is 6.39. The maximum atomic E-state index is 12.3. The van der Waals surface area contributed by atoms with Crippen molar-refractivity contribution in [2.75, 3.05) is 11.1 Å². The molecule has 3 rings (SSSR count). The zero-order chi connectivity index (χ0) is 15.9. The standard InChI is InChI=1S/C16H13Cl3N2O/c17-12-4-2-1-3-9(12)10-7-11(10)16(22)21-8-5-13(18)15(20)14(19)6-8/h1-6,10-11H,7,20H2,(H,21,22). The van der Waals surface area contributed by atoms with Gasteiger partial charge in [-0.1, -0.05) is 53.0 Å². The van der Waals surface area contributed by atoms with Gasteiger partial charge in [-0.15, -0.1) is 0 Å². The van der Waals surface area contributed by atoms with E-state index in [-0.39, 0.29) is 17.7 Å². The van der Waals surface area contributed by atoms with E-state index >= 15 is 0 Å². The summed E-state index contributed by atoms with van der Waals surface area (Å²) in [4.78, 5) is 12.3. The second-order valence-electron chi connectivity index (χ2n) is 5.31. The molecule has 1 fully saturated rings.